The zero-order valence-electron chi connectivity index (χ0n) is 26.8. The van der Waals surface area contributed by atoms with E-state index in [1.807, 2.05) is 32.9 Å². The minimum atomic E-state index is -2.12. The molecule has 0 radical (unpaired) electrons. The molecule has 0 bridgehead atoms. The molecule has 3 aromatic rings. The molecule has 4 rings (SSSR count). The van der Waals surface area contributed by atoms with E-state index in [0.717, 1.165) is 11.1 Å². The van der Waals surface area contributed by atoms with Gasteiger partial charge in [0.25, 0.3) is 0 Å². The van der Waals surface area contributed by atoms with Crippen molar-refractivity contribution in [3.8, 4) is 23.2 Å². The molecule has 1 aromatic carbocycles. The van der Waals surface area contributed by atoms with Crippen molar-refractivity contribution >= 4 is 31.7 Å². The van der Waals surface area contributed by atoms with Crippen LogP contribution in [-0.2, 0) is 14.6 Å². The summed E-state index contributed by atoms with van der Waals surface area (Å²) >= 11 is 0. The summed E-state index contributed by atoms with van der Waals surface area (Å²) in [6, 6.07) is 11.5. The molecule has 0 fully saturated rings. The third-order valence-electron chi connectivity index (χ3n) is 7.99. The first-order chi connectivity index (χ1) is 20.0. The van der Waals surface area contributed by atoms with Gasteiger partial charge in [-0.1, -0.05) is 27.7 Å². The normalized spacial score (nSPS) is 16.8. The molecule has 1 aliphatic rings. The van der Waals surface area contributed by atoms with Crippen molar-refractivity contribution in [2.24, 2.45) is 0 Å². The minimum Gasteiger partial charge on any atom is -0.480 e. The van der Waals surface area contributed by atoms with E-state index in [2.05, 4.69) is 62.1 Å². The Morgan fingerprint density at radius 3 is 2.49 bits per heavy atom. The van der Waals surface area contributed by atoms with Gasteiger partial charge in [-0.25, -0.2) is 19.7 Å². The third-order valence-corrected chi connectivity index (χ3v) is 12.5. The first-order valence-corrected chi connectivity index (χ1v) is 17.2. The monoisotopic (exact) mass is 602 g/mol. The minimum absolute atomic E-state index is 0.0105. The SMILES string of the molecule is COc1ncccc1Nc1nccc(-c2cc(C#N)c3c(c2)C(C)(CO[Si](C)(C)C(C)(C)C)CN3C(=O)OC(C)(C)C)n1. The molecule has 1 atom stereocenters. The van der Waals surface area contributed by atoms with Crippen LogP contribution in [0.1, 0.15) is 59.6 Å². The van der Waals surface area contributed by atoms with E-state index >= 15 is 0 Å². The number of nitriles is 1. The number of nitrogens with zero attached hydrogens (tertiary/aromatic N) is 5. The van der Waals surface area contributed by atoms with E-state index in [0.29, 0.717) is 47.6 Å². The Hall–Kier alpha value is -4.01. The number of carbonyl (C=O) groups is 1. The van der Waals surface area contributed by atoms with Gasteiger partial charge >= 0.3 is 6.09 Å². The molecule has 1 aliphatic heterocycles. The molecule has 11 heteroatoms. The molecular weight excluding hydrogens is 560 g/mol. The first-order valence-electron chi connectivity index (χ1n) is 14.3. The highest BCUT2D eigenvalue weighted by molar-refractivity contribution is 6.74. The predicted molar refractivity (Wildman–Crippen MR) is 170 cm³/mol. The maximum absolute atomic E-state index is 13.5. The Balaban J connectivity index is 1.80. The summed E-state index contributed by atoms with van der Waals surface area (Å²) in [5.41, 5.74) is 2.42. The van der Waals surface area contributed by atoms with Gasteiger partial charge in [-0.3, -0.25) is 4.90 Å². The topological polar surface area (TPSA) is 122 Å². The van der Waals surface area contributed by atoms with E-state index in [1.165, 1.54) is 0 Å². The molecule has 0 saturated heterocycles. The van der Waals surface area contributed by atoms with Crippen LogP contribution in [0.3, 0.4) is 0 Å². The van der Waals surface area contributed by atoms with Crippen LogP contribution < -0.4 is 15.0 Å². The van der Waals surface area contributed by atoms with E-state index in [1.54, 1.807) is 42.6 Å². The van der Waals surface area contributed by atoms with Gasteiger partial charge in [0.15, 0.2) is 8.32 Å². The first kappa shape index (κ1) is 31.9. The van der Waals surface area contributed by atoms with Crippen LogP contribution in [0.25, 0.3) is 11.3 Å². The van der Waals surface area contributed by atoms with Gasteiger partial charge in [0.05, 0.1) is 24.1 Å². The van der Waals surface area contributed by atoms with E-state index in [9.17, 15) is 10.1 Å². The predicted octanol–water partition coefficient (Wildman–Crippen LogP) is 7.20. The molecule has 3 heterocycles. The number of benzene rings is 1. The fourth-order valence-electron chi connectivity index (χ4n) is 4.63. The molecular formula is C32H42N6O4Si. The van der Waals surface area contributed by atoms with Crippen LogP contribution in [0.5, 0.6) is 5.88 Å². The van der Waals surface area contributed by atoms with Gasteiger partial charge in [-0.05, 0) is 74.8 Å². The van der Waals surface area contributed by atoms with Crippen LogP contribution in [-0.4, -0.2) is 55.2 Å². The number of aromatic nitrogens is 3. The second-order valence-electron chi connectivity index (χ2n) is 13.7. The summed E-state index contributed by atoms with van der Waals surface area (Å²) in [5.74, 6) is 0.766. The molecule has 1 unspecified atom stereocenters. The number of pyridine rings is 1. The number of methoxy groups -OCH3 is 1. The van der Waals surface area contributed by atoms with Crippen LogP contribution in [0.2, 0.25) is 18.1 Å². The Labute approximate surface area is 255 Å². The Bertz CT molecular complexity index is 1560. The van der Waals surface area contributed by atoms with Gasteiger partial charge in [0.1, 0.15) is 17.4 Å². The Morgan fingerprint density at radius 2 is 1.86 bits per heavy atom. The maximum atomic E-state index is 13.5. The van der Waals surface area contributed by atoms with Gasteiger partial charge in [0, 0.05) is 36.5 Å². The summed E-state index contributed by atoms with van der Waals surface area (Å²) in [4.78, 5) is 28.4. The lowest BCUT2D eigenvalue weighted by Crippen LogP contribution is -2.46. The second-order valence-corrected chi connectivity index (χ2v) is 18.5. The summed E-state index contributed by atoms with van der Waals surface area (Å²) < 4.78 is 17.8. The third kappa shape index (κ3) is 6.81. The average Bonchev–Trinajstić information content (AvgIpc) is 3.23. The molecule has 228 valence electrons. The van der Waals surface area contributed by atoms with Gasteiger partial charge in [0.2, 0.25) is 11.8 Å². The number of hydrogen-bond donors (Lipinski definition) is 1. The van der Waals surface area contributed by atoms with Crippen molar-refractivity contribution in [1.29, 1.82) is 5.26 Å². The van der Waals surface area contributed by atoms with Crippen molar-refractivity contribution < 1.29 is 18.7 Å². The number of fused-ring (bicyclic) bond motifs is 1. The fourth-order valence-corrected chi connectivity index (χ4v) is 5.75. The molecule has 0 aliphatic carbocycles. The van der Waals surface area contributed by atoms with Crippen molar-refractivity contribution in [3.63, 3.8) is 0 Å². The molecule has 0 spiro atoms. The largest absolute Gasteiger partial charge is 0.480 e. The van der Waals surface area contributed by atoms with Crippen molar-refractivity contribution in [3.05, 3.63) is 53.9 Å². The zero-order chi connectivity index (χ0) is 31.8. The van der Waals surface area contributed by atoms with Gasteiger partial charge in [-0.15, -0.1) is 0 Å². The number of hydrogen-bond acceptors (Lipinski definition) is 9. The zero-order valence-corrected chi connectivity index (χ0v) is 27.8. The number of ether oxygens (including phenoxy) is 2. The van der Waals surface area contributed by atoms with E-state index < -0.39 is 25.4 Å². The van der Waals surface area contributed by atoms with E-state index in [4.69, 9.17) is 18.9 Å². The lowest BCUT2D eigenvalue weighted by molar-refractivity contribution is 0.0575. The number of nitrogens with one attached hydrogen (secondary N) is 1. The van der Waals surface area contributed by atoms with Crippen LogP contribution in [0, 0.1) is 11.3 Å². The summed E-state index contributed by atoms with van der Waals surface area (Å²) in [6.07, 6.45) is 2.80. The lowest BCUT2D eigenvalue weighted by Gasteiger charge is -2.39. The summed E-state index contributed by atoms with van der Waals surface area (Å²) in [7, 11) is -0.577. The maximum Gasteiger partial charge on any atom is 0.414 e. The van der Waals surface area contributed by atoms with Crippen LogP contribution in [0.4, 0.5) is 22.1 Å². The van der Waals surface area contributed by atoms with Crippen molar-refractivity contribution in [2.45, 2.75) is 77.6 Å². The highest BCUT2D eigenvalue weighted by Gasteiger charge is 2.47. The van der Waals surface area contributed by atoms with Crippen LogP contribution >= 0.6 is 0 Å². The number of rotatable bonds is 7. The van der Waals surface area contributed by atoms with Gasteiger partial charge in [-0.2, -0.15) is 5.26 Å². The molecule has 1 N–H and O–H groups in total. The Kier molecular flexibility index (Phi) is 8.59. The number of anilines is 3. The van der Waals surface area contributed by atoms with Crippen LogP contribution in [0.15, 0.2) is 42.7 Å². The van der Waals surface area contributed by atoms with E-state index in [-0.39, 0.29) is 5.04 Å². The smallest absolute Gasteiger partial charge is 0.414 e. The molecule has 43 heavy (non-hydrogen) atoms. The number of amides is 1. The summed E-state index contributed by atoms with van der Waals surface area (Å²) in [5, 5.41) is 13.5. The molecule has 0 saturated carbocycles. The lowest BCUT2D eigenvalue weighted by atomic mass is 9.83. The second kappa shape index (κ2) is 11.6. The Morgan fingerprint density at radius 1 is 1.14 bits per heavy atom. The molecule has 2 aromatic heterocycles. The molecule has 10 nitrogen and oxygen atoms in total. The highest BCUT2D eigenvalue weighted by atomic mass is 28.4. The standard InChI is InChI=1S/C32H42N6O4Si/c1-30(2,3)42-29(39)38-19-32(7,20-41-43(9,10)31(4,5)6)23-17-21(16-22(18-33)26(23)38)24-13-15-35-28(36-24)37-25-12-11-14-34-27(25)40-8/h11-17H,19-20H2,1-10H3,(H,35,36,37). The van der Waals surface area contributed by atoms with Crippen molar-refractivity contribution in [1.82, 2.24) is 15.0 Å². The average molecular weight is 603 g/mol. The van der Waals surface area contributed by atoms with Gasteiger partial charge < -0.3 is 19.2 Å². The van der Waals surface area contributed by atoms with Crippen molar-refractivity contribution in [2.75, 3.05) is 30.5 Å². The fraction of sp³-hybridized carbons (Fsp3) is 0.469. The quantitative estimate of drug-likeness (QED) is 0.280. The highest BCUT2D eigenvalue weighted by Crippen LogP contribution is 2.47. The molecule has 1 amide bonds. The summed E-state index contributed by atoms with van der Waals surface area (Å²) in [6.45, 7) is 19.3. The number of carbonyl (C=O) groups excluding carboxylic acids is 1.